The molecule has 3 N–H and O–H groups in total. The quantitative estimate of drug-likeness (QED) is 0.233. The van der Waals surface area contributed by atoms with Gasteiger partial charge in [-0.25, -0.2) is 14.2 Å². The first-order valence-corrected chi connectivity index (χ1v) is 14.3. The molecule has 0 bridgehead atoms. The number of hydrogen-bond acceptors (Lipinski definition) is 8. The van der Waals surface area contributed by atoms with Crippen molar-refractivity contribution in [3.05, 3.63) is 74.4 Å². The van der Waals surface area contributed by atoms with Crippen LogP contribution >= 0.6 is 0 Å². The summed E-state index contributed by atoms with van der Waals surface area (Å²) in [7, 11) is 0. The molecule has 0 unspecified atom stereocenters. The number of H-pyrrole nitrogens is 1. The lowest BCUT2D eigenvalue weighted by molar-refractivity contribution is 0.0989. The first-order valence-electron chi connectivity index (χ1n) is 14.3. The lowest BCUT2D eigenvalue weighted by atomic mass is 9.95. The molecule has 0 amide bonds. The number of ketones is 1. The fourth-order valence-electron chi connectivity index (χ4n) is 5.34. The molecule has 3 heterocycles. The van der Waals surface area contributed by atoms with E-state index in [1.54, 1.807) is 19.1 Å². The summed E-state index contributed by atoms with van der Waals surface area (Å²) in [6.07, 6.45) is 6.97. The molecule has 0 spiro atoms. The zero-order chi connectivity index (χ0) is 30.0. The van der Waals surface area contributed by atoms with Crippen molar-refractivity contribution in [1.82, 2.24) is 24.3 Å². The number of ether oxygens (including phenoxy) is 1. The van der Waals surface area contributed by atoms with Gasteiger partial charge >= 0.3 is 5.69 Å². The van der Waals surface area contributed by atoms with Crippen LogP contribution in [0, 0.1) is 5.82 Å². The molecule has 1 fully saturated rings. The highest BCUT2D eigenvalue weighted by Gasteiger charge is 2.25. The van der Waals surface area contributed by atoms with E-state index in [0.717, 1.165) is 32.1 Å². The van der Waals surface area contributed by atoms with Gasteiger partial charge in [-0.15, -0.1) is 0 Å². The Labute approximate surface area is 241 Å². The van der Waals surface area contributed by atoms with Crippen LogP contribution in [0.3, 0.4) is 0 Å². The van der Waals surface area contributed by atoms with E-state index in [2.05, 4.69) is 20.5 Å². The summed E-state index contributed by atoms with van der Waals surface area (Å²) >= 11 is 0. The van der Waals surface area contributed by atoms with Crippen molar-refractivity contribution < 1.29 is 19.0 Å². The fourth-order valence-corrected chi connectivity index (χ4v) is 5.34. The number of carbonyl (C=O) groups is 1. The number of rotatable bonds is 10. The molecule has 12 heteroatoms. The summed E-state index contributed by atoms with van der Waals surface area (Å²) in [6, 6.07) is 4.99. The van der Waals surface area contributed by atoms with E-state index in [1.165, 1.54) is 33.7 Å². The number of benzene rings is 1. The minimum absolute atomic E-state index is 0.0749. The molecule has 42 heavy (non-hydrogen) atoms. The van der Waals surface area contributed by atoms with Crippen molar-refractivity contribution >= 4 is 22.6 Å². The largest absolute Gasteiger partial charge is 0.453 e. The number of aliphatic hydroxyl groups excluding tert-OH is 1. The van der Waals surface area contributed by atoms with Crippen molar-refractivity contribution in [3.63, 3.8) is 0 Å². The van der Waals surface area contributed by atoms with Crippen LogP contribution in [0.5, 0.6) is 11.5 Å². The van der Waals surface area contributed by atoms with E-state index in [4.69, 9.17) is 4.74 Å². The first-order chi connectivity index (χ1) is 20.2. The van der Waals surface area contributed by atoms with E-state index < -0.39 is 22.8 Å². The Morgan fingerprint density at radius 3 is 2.62 bits per heavy atom. The lowest BCUT2D eigenvalue weighted by Crippen LogP contribution is -2.45. The fraction of sp³-hybridized carbons (Fsp3) is 0.433. The third kappa shape index (κ3) is 5.85. The predicted molar refractivity (Wildman–Crippen MR) is 156 cm³/mol. The Hall–Kier alpha value is -4.32. The van der Waals surface area contributed by atoms with E-state index in [0.29, 0.717) is 28.2 Å². The number of nitrogens with one attached hydrogen (secondary N) is 2. The van der Waals surface area contributed by atoms with Gasteiger partial charge in [-0.2, -0.15) is 5.10 Å². The number of pyridine rings is 1. The molecule has 222 valence electrons. The Morgan fingerprint density at radius 2 is 1.93 bits per heavy atom. The summed E-state index contributed by atoms with van der Waals surface area (Å²) < 4.78 is 23.8. The molecule has 1 atom stereocenters. The average Bonchev–Trinajstić information content (AvgIpc) is 3.38. The van der Waals surface area contributed by atoms with Crippen LogP contribution in [-0.4, -0.2) is 47.9 Å². The van der Waals surface area contributed by atoms with Crippen molar-refractivity contribution in [2.24, 2.45) is 0 Å². The molecule has 1 saturated carbocycles. The molecular weight excluding hydrogens is 543 g/mol. The van der Waals surface area contributed by atoms with Gasteiger partial charge in [0.05, 0.1) is 12.2 Å². The monoisotopic (exact) mass is 578 g/mol. The van der Waals surface area contributed by atoms with Gasteiger partial charge in [0.15, 0.2) is 28.8 Å². The number of aliphatic hydroxyl groups is 1. The zero-order valence-corrected chi connectivity index (χ0v) is 23.9. The normalized spacial score (nSPS) is 14.8. The van der Waals surface area contributed by atoms with Crippen LogP contribution in [0.4, 0.5) is 10.2 Å². The maximum absolute atomic E-state index is 15.3. The molecule has 11 nitrogen and oxygen atoms in total. The van der Waals surface area contributed by atoms with Crippen LogP contribution in [0.25, 0.3) is 11.0 Å². The number of Topliss-reactive ketones (excluding diaryl/α,β-unsaturated/α-hetero) is 1. The van der Waals surface area contributed by atoms with Gasteiger partial charge in [-0.1, -0.05) is 25.3 Å². The van der Waals surface area contributed by atoms with Gasteiger partial charge in [0.1, 0.15) is 11.1 Å². The number of anilines is 1. The van der Waals surface area contributed by atoms with Crippen molar-refractivity contribution in [2.45, 2.75) is 77.4 Å². The minimum atomic E-state index is -0.696. The minimum Gasteiger partial charge on any atom is -0.453 e. The number of nitrogens with zero attached hydrogens (tertiary/aromatic N) is 4. The summed E-state index contributed by atoms with van der Waals surface area (Å²) in [4.78, 5) is 44.2. The van der Waals surface area contributed by atoms with Gasteiger partial charge in [0.25, 0.3) is 5.56 Å². The standard InChI is InChI=1S/C30H35FN6O5/c1-17(2)36-15-21(29(40)37(30(36)41)20-7-5-4-6-8-20)23(39)14-19-9-10-24(22(31)13-19)42-25-11-12-32-27-26(25)28(35-34-27)33-18(3)16-38/h9-13,15,17-18,20,38H,4-8,14,16H2,1-3H3,(H2,32,33,34,35)/t18-/m1/s1. The SMILES string of the molecule is CC(C)n1cc(C(=O)Cc2ccc(Oc3ccnc4[nH]nc(N[C@H](C)CO)c34)c(F)c2)c(=O)n(C2CCCCC2)c1=O. The van der Waals surface area contributed by atoms with Crippen molar-refractivity contribution in [3.8, 4) is 11.5 Å². The number of aromatic nitrogens is 5. The summed E-state index contributed by atoms with van der Waals surface area (Å²) in [5, 5.41) is 19.9. The number of hydrogen-bond donors (Lipinski definition) is 3. The van der Waals surface area contributed by atoms with Crippen LogP contribution in [0.2, 0.25) is 0 Å². The summed E-state index contributed by atoms with van der Waals surface area (Å²) in [6.45, 7) is 5.31. The Kier molecular flexibility index (Phi) is 8.53. The van der Waals surface area contributed by atoms with E-state index in [9.17, 15) is 19.5 Å². The third-order valence-electron chi connectivity index (χ3n) is 7.60. The molecule has 1 aromatic carbocycles. The first kappa shape index (κ1) is 29.2. The van der Waals surface area contributed by atoms with E-state index >= 15 is 4.39 Å². The lowest BCUT2D eigenvalue weighted by Gasteiger charge is -2.25. The van der Waals surface area contributed by atoms with Crippen LogP contribution in [0.15, 0.2) is 46.2 Å². The molecular formula is C30H35FN6O5. The number of aromatic amines is 1. The maximum Gasteiger partial charge on any atom is 0.331 e. The predicted octanol–water partition coefficient (Wildman–Crippen LogP) is 4.52. The number of carbonyl (C=O) groups excluding carboxylic acids is 1. The highest BCUT2D eigenvalue weighted by Crippen LogP contribution is 2.34. The summed E-state index contributed by atoms with van der Waals surface area (Å²) in [5.41, 5.74) is -0.290. The van der Waals surface area contributed by atoms with Crippen LogP contribution < -0.4 is 21.3 Å². The molecule has 0 saturated heterocycles. The molecule has 5 rings (SSSR count). The Morgan fingerprint density at radius 1 is 1.17 bits per heavy atom. The number of fused-ring (bicyclic) bond motifs is 1. The molecule has 4 aromatic rings. The van der Waals surface area contributed by atoms with Crippen LogP contribution in [-0.2, 0) is 6.42 Å². The second kappa shape index (κ2) is 12.3. The summed E-state index contributed by atoms with van der Waals surface area (Å²) in [5.74, 6) is -0.565. The molecule has 1 aliphatic carbocycles. The zero-order valence-electron chi connectivity index (χ0n) is 23.9. The number of halogens is 1. The smallest absolute Gasteiger partial charge is 0.331 e. The van der Waals surface area contributed by atoms with Crippen molar-refractivity contribution in [2.75, 3.05) is 11.9 Å². The van der Waals surface area contributed by atoms with Gasteiger partial charge < -0.3 is 15.2 Å². The second-order valence-corrected chi connectivity index (χ2v) is 11.1. The third-order valence-corrected chi connectivity index (χ3v) is 7.60. The van der Waals surface area contributed by atoms with Gasteiger partial charge in [0, 0.05) is 43.0 Å². The molecule has 0 aliphatic heterocycles. The second-order valence-electron chi connectivity index (χ2n) is 11.1. The highest BCUT2D eigenvalue weighted by atomic mass is 19.1. The average molecular weight is 579 g/mol. The van der Waals surface area contributed by atoms with Gasteiger partial charge in [0.2, 0.25) is 0 Å². The van der Waals surface area contributed by atoms with Crippen molar-refractivity contribution in [1.29, 1.82) is 0 Å². The topological polar surface area (TPSA) is 144 Å². The molecule has 0 radical (unpaired) electrons. The Balaban J connectivity index is 1.41. The molecule has 1 aliphatic rings. The van der Waals surface area contributed by atoms with E-state index in [-0.39, 0.29) is 42.5 Å². The van der Waals surface area contributed by atoms with E-state index in [1.807, 2.05) is 13.8 Å². The highest BCUT2D eigenvalue weighted by molar-refractivity contribution is 5.97. The van der Waals surface area contributed by atoms with Gasteiger partial charge in [-0.05, 0) is 51.3 Å². The van der Waals surface area contributed by atoms with Crippen LogP contribution in [0.1, 0.15) is 80.9 Å². The van der Waals surface area contributed by atoms with Gasteiger partial charge in [-0.3, -0.25) is 23.8 Å². The molecule has 3 aromatic heterocycles. The maximum atomic E-state index is 15.3. The Bertz CT molecular complexity index is 1720.